The molecule has 0 aliphatic rings. The van der Waals surface area contributed by atoms with Crippen LogP contribution in [-0.2, 0) is 12.8 Å². The summed E-state index contributed by atoms with van der Waals surface area (Å²) in [5.74, 6) is 0.150. The minimum atomic E-state index is 0.150. The summed E-state index contributed by atoms with van der Waals surface area (Å²) in [7, 11) is 0. The third-order valence-corrected chi connectivity index (χ3v) is 4.20. The molecule has 0 radical (unpaired) electrons. The van der Waals surface area contributed by atoms with Crippen LogP contribution in [0.5, 0.6) is 0 Å². The standard InChI is InChI=1S/C20H26O/c1-4-6-8-16-10-11-17(9-7-5-2)20-14-18(15(3)21)12-13-19(16)20/h10-14H,4-9H2,1-3H3. The van der Waals surface area contributed by atoms with Crippen LogP contribution >= 0.6 is 0 Å². The van der Waals surface area contributed by atoms with E-state index in [0.29, 0.717) is 0 Å². The van der Waals surface area contributed by atoms with Gasteiger partial charge in [0.05, 0.1) is 0 Å². The van der Waals surface area contributed by atoms with Crippen LogP contribution in [0, 0.1) is 0 Å². The Kier molecular flexibility index (Phi) is 5.55. The molecule has 0 saturated carbocycles. The number of benzene rings is 2. The van der Waals surface area contributed by atoms with E-state index in [1.165, 1.54) is 47.6 Å². The second-order valence-corrected chi connectivity index (χ2v) is 5.91. The van der Waals surface area contributed by atoms with Gasteiger partial charge in [-0.05, 0) is 60.6 Å². The van der Waals surface area contributed by atoms with E-state index in [9.17, 15) is 4.79 Å². The van der Waals surface area contributed by atoms with Crippen molar-refractivity contribution in [1.82, 2.24) is 0 Å². The molecule has 0 aliphatic carbocycles. The molecular formula is C20H26O. The molecule has 2 aromatic rings. The zero-order chi connectivity index (χ0) is 15.2. The van der Waals surface area contributed by atoms with Gasteiger partial charge in [0.25, 0.3) is 0 Å². The van der Waals surface area contributed by atoms with E-state index in [1.54, 1.807) is 6.92 Å². The highest BCUT2D eigenvalue weighted by molar-refractivity contribution is 6.00. The van der Waals surface area contributed by atoms with E-state index in [1.807, 2.05) is 6.07 Å². The molecule has 0 fully saturated rings. The average molecular weight is 282 g/mol. The predicted molar refractivity (Wildman–Crippen MR) is 91.2 cm³/mol. The zero-order valence-corrected chi connectivity index (χ0v) is 13.5. The number of aryl methyl sites for hydroxylation is 2. The van der Waals surface area contributed by atoms with E-state index in [-0.39, 0.29) is 5.78 Å². The molecule has 21 heavy (non-hydrogen) atoms. The predicted octanol–water partition coefficient (Wildman–Crippen LogP) is 5.73. The summed E-state index contributed by atoms with van der Waals surface area (Å²) < 4.78 is 0. The van der Waals surface area contributed by atoms with Crippen molar-refractivity contribution in [3.63, 3.8) is 0 Å². The summed E-state index contributed by atoms with van der Waals surface area (Å²) in [6.45, 7) is 6.10. The first-order chi connectivity index (χ1) is 10.2. The largest absolute Gasteiger partial charge is 0.295 e. The Morgan fingerprint density at radius 1 is 0.857 bits per heavy atom. The fourth-order valence-electron chi connectivity index (χ4n) is 2.86. The summed E-state index contributed by atoms with van der Waals surface area (Å²) in [5, 5.41) is 2.62. The van der Waals surface area contributed by atoms with Crippen LogP contribution in [0.2, 0.25) is 0 Å². The van der Waals surface area contributed by atoms with Gasteiger partial charge in [-0.1, -0.05) is 51.0 Å². The first kappa shape index (κ1) is 15.8. The van der Waals surface area contributed by atoms with Crippen molar-refractivity contribution < 1.29 is 4.79 Å². The minimum Gasteiger partial charge on any atom is -0.295 e. The van der Waals surface area contributed by atoms with Crippen molar-refractivity contribution in [1.29, 1.82) is 0 Å². The van der Waals surface area contributed by atoms with Gasteiger partial charge in [0, 0.05) is 5.56 Å². The lowest BCUT2D eigenvalue weighted by atomic mass is 9.92. The van der Waals surface area contributed by atoms with Gasteiger partial charge >= 0.3 is 0 Å². The van der Waals surface area contributed by atoms with E-state index in [2.05, 4.69) is 38.1 Å². The lowest BCUT2D eigenvalue weighted by molar-refractivity contribution is 0.101. The van der Waals surface area contributed by atoms with Gasteiger partial charge in [0.15, 0.2) is 5.78 Å². The van der Waals surface area contributed by atoms with Crippen molar-refractivity contribution in [2.75, 3.05) is 0 Å². The topological polar surface area (TPSA) is 17.1 Å². The zero-order valence-electron chi connectivity index (χ0n) is 13.5. The number of ketones is 1. The van der Waals surface area contributed by atoms with Crippen molar-refractivity contribution in [3.05, 3.63) is 47.0 Å². The van der Waals surface area contributed by atoms with Crippen LogP contribution in [0.3, 0.4) is 0 Å². The van der Waals surface area contributed by atoms with Gasteiger partial charge in [0.1, 0.15) is 0 Å². The van der Waals surface area contributed by atoms with Crippen LogP contribution < -0.4 is 0 Å². The Balaban J connectivity index is 2.52. The second kappa shape index (κ2) is 7.40. The third-order valence-electron chi connectivity index (χ3n) is 4.20. The molecule has 1 nitrogen and oxygen atoms in total. The van der Waals surface area contributed by atoms with Gasteiger partial charge in [-0.25, -0.2) is 0 Å². The SMILES string of the molecule is CCCCc1ccc(CCCC)c2cc(C(C)=O)ccc12. The molecule has 2 aromatic carbocycles. The Morgan fingerprint density at radius 2 is 1.43 bits per heavy atom. The molecule has 0 unspecified atom stereocenters. The molecule has 1 heteroatoms. The van der Waals surface area contributed by atoms with E-state index < -0.39 is 0 Å². The summed E-state index contributed by atoms with van der Waals surface area (Å²) >= 11 is 0. The quantitative estimate of drug-likeness (QED) is 0.593. The summed E-state index contributed by atoms with van der Waals surface area (Å²) in [5.41, 5.74) is 3.63. The fourth-order valence-corrected chi connectivity index (χ4v) is 2.86. The molecule has 0 saturated heterocycles. The van der Waals surface area contributed by atoms with Crippen molar-refractivity contribution >= 4 is 16.6 Å². The van der Waals surface area contributed by atoms with Gasteiger partial charge < -0.3 is 0 Å². The highest BCUT2D eigenvalue weighted by Crippen LogP contribution is 2.27. The molecule has 0 spiro atoms. The number of Topliss-reactive ketones (excluding diaryl/α,β-unsaturated/α-hetero) is 1. The fraction of sp³-hybridized carbons (Fsp3) is 0.450. The number of carbonyl (C=O) groups is 1. The normalized spacial score (nSPS) is 11.0. The maximum Gasteiger partial charge on any atom is 0.159 e. The Bertz CT molecular complexity index is 625. The molecule has 0 atom stereocenters. The molecule has 112 valence electrons. The van der Waals surface area contributed by atoms with E-state index in [4.69, 9.17) is 0 Å². The van der Waals surface area contributed by atoms with Crippen LogP contribution in [0.4, 0.5) is 0 Å². The van der Waals surface area contributed by atoms with Crippen molar-refractivity contribution in [2.24, 2.45) is 0 Å². The lowest BCUT2D eigenvalue weighted by Crippen LogP contribution is -1.97. The van der Waals surface area contributed by atoms with E-state index in [0.717, 1.165) is 18.4 Å². The number of fused-ring (bicyclic) bond motifs is 1. The molecule has 0 heterocycles. The first-order valence-electron chi connectivity index (χ1n) is 8.22. The van der Waals surface area contributed by atoms with Crippen LogP contribution in [0.1, 0.15) is 67.9 Å². The van der Waals surface area contributed by atoms with Crippen LogP contribution in [0.25, 0.3) is 10.8 Å². The monoisotopic (exact) mass is 282 g/mol. The maximum absolute atomic E-state index is 11.7. The Hall–Kier alpha value is -1.63. The third kappa shape index (κ3) is 3.72. The number of unbranched alkanes of at least 4 members (excludes halogenated alkanes) is 2. The summed E-state index contributed by atoms with van der Waals surface area (Å²) in [6, 6.07) is 10.8. The molecule has 2 rings (SSSR count). The minimum absolute atomic E-state index is 0.150. The second-order valence-electron chi connectivity index (χ2n) is 5.91. The highest BCUT2D eigenvalue weighted by Gasteiger charge is 2.08. The molecule has 0 aliphatic heterocycles. The first-order valence-corrected chi connectivity index (χ1v) is 8.22. The summed E-state index contributed by atoms with van der Waals surface area (Å²) in [4.78, 5) is 11.7. The number of hydrogen-bond acceptors (Lipinski definition) is 1. The average Bonchev–Trinajstić information content (AvgIpc) is 2.50. The molecule has 0 aromatic heterocycles. The van der Waals surface area contributed by atoms with Gasteiger partial charge in [-0.3, -0.25) is 4.79 Å². The van der Waals surface area contributed by atoms with Gasteiger partial charge in [0.2, 0.25) is 0 Å². The summed E-state index contributed by atoms with van der Waals surface area (Å²) in [6.07, 6.45) is 7.06. The van der Waals surface area contributed by atoms with Gasteiger partial charge in [-0.2, -0.15) is 0 Å². The highest BCUT2D eigenvalue weighted by atomic mass is 16.1. The number of hydrogen-bond donors (Lipinski definition) is 0. The van der Waals surface area contributed by atoms with Crippen LogP contribution in [0.15, 0.2) is 30.3 Å². The maximum atomic E-state index is 11.7. The number of rotatable bonds is 7. The number of carbonyl (C=O) groups excluding carboxylic acids is 1. The molecular weight excluding hydrogens is 256 g/mol. The van der Waals surface area contributed by atoms with Crippen molar-refractivity contribution in [3.8, 4) is 0 Å². The molecule has 0 bridgehead atoms. The lowest BCUT2D eigenvalue weighted by Gasteiger charge is -2.12. The smallest absolute Gasteiger partial charge is 0.159 e. The van der Waals surface area contributed by atoms with E-state index >= 15 is 0 Å². The Labute approximate surface area is 128 Å². The van der Waals surface area contributed by atoms with Gasteiger partial charge in [-0.15, -0.1) is 0 Å². The van der Waals surface area contributed by atoms with Crippen LogP contribution in [-0.4, -0.2) is 5.78 Å². The molecule has 0 N–H and O–H groups in total. The Morgan fingerprint density at radius 3 is 1.95 bits per heavy atom. The molecule has 0 amide bonds. The van der Waals surface area contributed by atoms with Crippen molar-refractivity contribution in [2.45, 2.75) is 59.3 Å².